The smallest absolute Gasteiger partial charge is 0.397 e. The quantitative estimate of drug-likeness (QED) is 0.0444. The first-order valence-electron chi connectivity index (χ1n) is 17.9. The first-order valence-corrected chi connectivity index (χ1v) is 25.4. The number of rotatable bonds is 19. The van der Waals surface area contributed by atoms with Crippen LogP contribution in [0.1, 0.15) is 15.9 Å². The Morgan fingerprint density at radius 3 is 1.88 bits per heavy atom. The molecule has 0 bridgehead atoms. The Hall–Kier alpha value is -6.02. The van der Waals surface area contributed by atoms with Gasteiger partial charge in [-0.2, -0.15) is 30.4 Å². The van der Waals surface area contributed by atoms with Gasteiger partial charge in [0.2, 0.25) is 0 Å². The molecule has 0 fully saturated rings. The van der Waals surface area contributed by atoms with E-state index in [1.807, 2.05) is 0 Å². The summed E-state index contributed by atoms with van der Waals surface area (Å²) >= 11 is 0. The standard InChI is InChI=1S/C36H36N6O18S5/c1-21-17-29(30(58-3)20-31(21)62(47,48)16-14-60-65(55,56)57)40-42-34-32(63(49,50)51)19-27-26(35(34)43)11-12-28(37-2)33(27)41-39-23-9-7-22(8-10-23)36(44)38-24-5-4-6-25(18-24)61(45,46)15-13-59-64(52,53)54/h4-12,17-20,37,43H,13-16H2,1-3H3,(H,38,44)(H,49,50,51)(H,52,53,54)(H,55,56,57)/b41-39+,42-40+. The Morgan fingerprint density at radius 2 is 1.29 bits per heavy atom. The van der Waals surface area contributed by atoms with Crippen LogP contribution in [-0.4, -0.2) is 106 Å². The van der Waals surface area contributed by atoms with Gasteiger partial charge in [0.1, 0.15) is 27.7 Å². The minimum Gasteiger partial charge on any atom is -0.505 e. The molecule has 0 aromatic heterocycles. The van der Waals surface area contributed by atoms with E-state index in [1.54, 1.807) is 0 Å². The monoisotopic (exact) mass is 1000 g/mol. The number of amides is 1. The Labute approximate surface area is 371 Å². The van der Waals surface area contributed by atoms with Gasteiger partial charge in [0, 0.05) is 35.1 Å². The second kappa shape index (κ2) is 19.6. The SMILES string of the molecule is CNc1ccc2c(O)c(/N=N/c3cc(C)c(S(=O)(=O)CCOS(=O)(=O)O)cc3OC)c(S(=O)(=O)O)cc2c1/N=N/c1ccc(C(=O)Nc2cccc(S(=O)(=O)CCOS(=O)(=O)O)c2)cc1. The number of anilines is 2. The maximum absolute atomic E-state index is 13.0. The molecule has 24 nitrogen and oxygen atoms in total. The van der Waals surface area contributed by atoms with Crippen molar-refractivity contribution in [2.75, 3.05) is 49.5 Å². The first-order chi connectivity index (χ1) is 30.2. The van der Waals surface area contributed by atoms with Crippen molar-refractivity contribution in [3.8, 4) is 11.5 Å². The van der Waals surface area contributed by atoms with E-state index >= 15 is 0 Å². The zero-order valence-electron chi connectivity index (χ0n) is 33.7. The van der Waals surface area contributed by atoms with E-state index in [0.717, 1.165) is 25.3 Å². The highest BCUT2D eigenvalue weighted by atomic mass is 32.3. The number of phenols is 1. The van der Waals surface area contributed by atoms with Crippen LogP contribution in [-0.2, 0) is 59.0 Å². The third kappa shape index (κ3) is 12.8. The lowest BCUT2D eigenvalue weighted by Crippen LogP contribution is -2.16. The van der Waals surface area contributed by atoms with Crippen molar-refractivity contribution in [1.29, 1.82) is 0 Å². The molecular formula is C36H36N6O18S5. The first kappa shape index (κ1) is 50.0. The number of aryl methyl sites for hydroxylation is 1. The molecule has 0 aliphatic heterocycles. The Bertz CT molecular complexity index is 3310. The predicted octanol–water partition coefficient (Wildman–Crippen LogP) is 5.42. The Balaban J connectivity index is 1.43. The normalized spacial score (nSPS) is 12.8. The number of carbonyl (C=O) groups is 1. The van der Waals surface area contributed by atoms with Crippen LogP contribution in [0.15, 0.2) is 114 Å². The number of benzene rings is 5. The number of nitrogens with zero attached hydrogens (tertiary/aromatic N) is 4. The van der Waals surface area contributed by atoms with E-state index < -0.39 is 97.5 Å². The van der Waals surface area contributed by atoms with Crippen LogP contribution >= 0.6 is 0 Å². The van der Waals surface area contributed by atoms with Crippen molar-refractivity contribution in [2.24, 2.45) is 20.5 Å². The second-order valence-electron chi connectivity index (χ2n) is 13.2. The van der Waals surface area contributed by atoms with Gasteiger partial charge in [-0.1, -0.05) is 6.07 Å². The Kier molecular flexibility index (Phi) is 15.1. The van der Waals surface area contributed by atoms with Crippen molar-refractivity contribution in [3.05, 3.63) is 90.0 Å². The highest BCUT2D eigenvalue weighted by Crippen LogP contribution is 2.47. The number of fused-ring (bicyclic) bond motifs is 1. The van der Waals surface area contributed by atoms with Crippen LogP contribution in [0.3, 0.4) is 0 Å². The fourth-order valence-electron chi connectivity index (χ4n) is 5.83. The van der Waals surface area contributed by atoms with Gasteiger partial charge in [-0.05, 0) is 79.2 Å². The van der Waals surface area contributed by atoms with E-state index in [0.29, 0.717) is 0 Å². The maximum atomic E-state index is 13.0. The summed E-state index contributed by atoms with van der Waals surface area (Å²) in [6.45, 7) is -0.391. The maximum Gasteiger partial charge on any atom is 0.397 e. The van der Waals surface area contributed by atoms with Crippen molar-refractivity contribution < 1.29 is 78.8 Å². The molecule has 0 saturated heterocycles. The van der Waals surface area contributed by atoms with E-state index in [-0.39, 0.29) is 65.9 Å². The van der Waals surface area contributed by atoms with Crippen molar-refractivity contribution >= 4 is 101 Å². The van der Waals surface area contributed by atoms with E-state index in [4.69, 9.17) is 13.8 Å². The van der Waals surface area contributed by atoms with Crippen LogP contribution in [0, 0.1) is 6.92 Å². The van der Waals surface area contributed by atoms with Gasteiger partial charge in [0.05, 0.1) is 53.0 Å². The molecule has 65 heavy (non-hydrogen) atoms. The lowest BCUT2D eigenvalue weighted by atomic mass is 10.1. The highest BCUT2D eigenvalue weighted by Gasteiger charge is 2.26. The van der Waals surface area contributed by atoms with Gasteiger partial charge in [-0.25, -0.2) is 25.2 Å². The highest BCUT2D eigenvalue weighted by molar-refractivity contribution is 7.91. The van der Waals surface area contributed by atoms with Crippen LogP contribution in [0.5, 0.6) is 11.5 Å². The third-order valence-corrected chi connectivity index (χ3v) is 14.1. The van der Waals surface area contributed by atoms with Gasteiger partial charge in [0.15, 0.2) is 25.4 Å². The predicted molar refractivity (Wildman–Crippen MR) is 231 cm³/mol. The van der Waals surface area contributed by atoms with Crippen molar-refractivity contribution in [1.82, 2.24) is 0 Å². The number of nitrogens with one attached hydrogen (secondary N) is 2. The molecule has 1 amide bonds. The largest absolute Gasteiger partial charge is 0.505 e. The molecule has 5 rings (SSSR count). The number of hydrogen-bond acceptors (Lipinski definition) is 20. The lowest BCUT2D eigenvalue weighted by molar-refractivity contribution is 0.102. The molecule has 0 heterocycles. The van der Waals surface area contributed by atoms with E-state index in [9.17, 15) is 56.5 Å². The van der Waals surface area contributed by atoms with Crippen LogP contribution < -0.4 is 15.4 Å². The molecule has 5 aromatic rings. The summed E-state index contributed by atoms with van der Waals surface area (Å²) in [6.07, 6.45) is 0. The van der Waals surface area contributed by atoms with E-state index in [1.165, 1.54) is 74.6 Å². The lowest BCUT2D eigenvalue weighted by Gasteiger charge is -2.13. The van der Waals surface area contributed by atoms with E-state index in [2.05, 4.69) is 39.5 Å². The number of aromatic hydroxyl groups is 1. The fourth-order valence-corrected chi connectivity index (χ4v) is 9.76. The third-order valence-electron chi connectivity index (χ3n) is 8.84. The van der Waals surface area contributed by atoms with Crippen LogP contribution in [0.25, 0.3) is 10.8 Å². The summed E-state index contributed by atoms with van der Waals surface area (Å²) < 4.78 is 161. The van der Waals surface area contributed by atoms with Crippen LogP contribution in [0.2, 0.25) is 0 Å². The molecule has 0 spiro atoms. The van der Waals surface area contributed by atoms with Gasteiger partial charge in [-0.3, -0.25) is 18.5 Å². The topological polar surface area (TPSA) is 370 Å². The number of carbonyl (C=O) groups excluding carboxylic acids is 1. The summed E-state index contributed by atoms with van der Waals surface area (Å²) in [5, 5.41) is 33.0. The second-order valence-corrected chi connectivity index (χ2v) is 21.0. The number of methoxy groups -OCH3 is 1. The number of hydrogen-bond donors (Lipinski definition) is 6. The summed E-state index contributed by atoms with van der Waals surface area (Å²) in [5.41, 5.74) is -0.221. The van der Waals surface area contributed by atoms with Crippen LogP contribution in [0.4, 0.5) is 34.1 Å². The molecule has 0 unspecified atom stereocenters. The molecule has 0 saturated carbocycles. The number of phenolic OH excluding ortho intramolecular Hbond substituents is 1. The van der Waals surface area contributed by atoms with Gasteiger partial charge in [0.25, 0.3) is 16.0 Å². The minimum atomic E-state index is -5.17. The molecule has 348 valence electrons. The molecule has 0 atom stereocenters. The molecule has 0 aliphatic carbocycles. The number of ether oxygens (including phenoxy) is 1. The summed E-state index contributed by atoms with van der Waals surface area (Å²) in [5.74, 6) is -3.29. The number of azo groups is 2. The molecule has 0 aliphatic rings. The Morgan fingerprint density at radius 1 is 0.677 bits per heavy atom. The zero-order valence-corrected chi connectivity index (χ0v) is 37.8. The molecule has 6 N–H and O–H groups in total. The minimum absolute atomic E-state index is 0.0222. The average molecular weight is 1000 g/mol. The summed E-state index contributed by atoms with van der Waals surface area (Å²) in [7, 11) is -20.6. The molecule has 5 aromatic carbocycles. The molecular weight excluding hydrogens is 965 g/mol. The zero-order chi connectivity index (χ0) is 48.1. The summed E-state index contributed by atoms with van der Waals surface area (Å²) in [4.78, 5) is 11.5. The van der Waals surface area contributed by atoms with Crippen molar-refractivity contribution in [2.45, 2.75) is 21.6 Å². The average Bonchev–Trinajstić information content (AvgIpc) is 3.21. The molecule has 29 heteroatoms. The molecule has 0 radical (unpaired) electrons. The van der Waals surface area contributed by atoms with Gasteiger partial charge < -0.3 is 20.5 Å². The van der Waals surface area contributed by atoms with Gasteiger partial charge >= 0.3 is 20.8 Å². The van der Waals surface area contributed by atoms with Gasteiger partial charge in [-0.15, -0.1) is 15.3 Å². The van der Waals surface area contributed by atoms with Crippen molar-refractivity contribution in [3.63, 3.8) is 0 Å². The summed E-state index contributed by atoms with van der Waals surface area (Å²) in [6, 6.07) is 16.7. The fraction of sp³-hybridized carbons (Fsp3) is 0.194. The number of sulfone groups is 2.